The molecule has 9 heteroatoms. The minimum Gasteiger partial charge on any atom is -0.481 e. The van der Waals surface area contributed by atoms with E-state index in [4.69, 9.17) is 4.74 Å². The van der Waals surface area contributed by atoms with Crippen molar-refractivity contribution in [2.24, 2.45) is 10.8 Å². The van der Waals surface area contributed by atoms with E-state index < -0.39 is 30.1 Å². The summed E-state index contributed by atoms with van der Waals surface area (Å²) in [6, 6.07) is 0. The minimum atomic E-state index is -2.88. The molecule has 3 heterocycles. The number of halogens is 2. The van der Waals surface area contributed by atoms with Gasteiger partial charge in [0, 0.05) is 39.1 Å². The predicted octanol–water partition coefficient (Wildman–Crippen LogP) is 2.81. The Morgan fingerprint density at radius 3 is 2.60 bits per heavy atom. The number of nitrogens with one attached hydrogen (secondary N) is 1. The number of fused-ring (bicyclic) bond motifs is 1. The second kappa shape index (κ2) is 7.59. The maximum atomic E-state index is 13.4. The SMILES string of the molecule is CCc1nn(CCCC2(C(=O)O)CC(F)(F)C2)c2c1C(=O)NCC1(CCOCC1)C2. The summed E-state index contributed by atoms with van der Waals surface area (Å²) in [6.07, 6.45) is 2.45. The summed E-state index contributed by atoms with van der Waals surface area (Å²) in [4.78, 5) is 24.4. The third kappa shape index (κ3) is 3.72. The number of ether oxygens (including phenoxy) is 1. The van der Waals surface area contributed by atoms with Crippen LogP contribution in [0.3, 0.4) is 0 Å². The van der Waals surface area contributed by atoms with Crippen molar-refractivity contribution in [3.05, 3.63) is 17.0 Å². The van der Waals surface area contributed by atoms with Crippen LogP contribution in [0.15, 0.2) is 0 Å². The van der Waals surface area contributed by atoms with Crippen molar-refractivity contribution in [2.45, 2.75) is 70.8 Å². The Morgan fingerprint density at radius 2 is 2.00 bits per heavy atom. The van der Waals surface area contributed by atoms with Gasteiger partial charge < -0.3 is 15.2 Å². The third-order valence-electron chi connectivity index (χ3n) is 7.08. The molecular formula is C21H29F2N3O4. The number of nitrogens with zero attached hydrogens (tertiary/aromatic N) is 2. The Kier molecular flexibility index (Phi) is 5.36. The predicted molar refractivity (Wildman–Crippen MR) is 104 cm³/mol. The zero-order valence-electron chi connectivity index (χ0n) is 17.3. The Labute approximate surface area is 174 Å². The standard InChI is InChI=1S/C21H29F2N3O4/c1-2-14-16-15(10-19(13-24-17(16)27)5-8-30-9-6-19)26(25-14)7-3-4-20(18(28)29)11-21(22,23)12-20/h2-13H2,1H3,(H,24,27)(H,28,29). The molecule has 1 saturated carbocycles. The molecular weight excluding hydrogens is 396 g/mol. The highest BCUT2D eigenvalue weighted by Crippen LogP contribution is 2.54. The first-order chi connectivity index (χ1) is 14.2. The molecule has 1 aliphatic carbocycles. The van der Waals surface area contributed by atoms with Crippen LogP contribution in [0.5, 0.6) is 0 Å². The van der Waals surface area contributed by atoms with Crippen LogP contribution in [0, 0.1) is 10.8 Å². The van der Waals surface area contributed by atoms with Gasteiger partial charge in [-0.1, -0.05) is 6.92 Å². The lowest BCUT2D eigenvalue weighted by molar-refractivity contribution is -0.195. The Bertz CT molecular complexity index is 838. The molecule has 166 valence electrons. The molecule has 1 amide bonds. The number of amides is 1. The van der Waals surface area contributed by atoms with Crippen LogP contribution in [0.1, 0.15) is 67.2 Å². The van der Waals surface area contributed by atoms with Gasteiger partial charge >= 0.3 is 5.97 Å². The fourth-order valence-corrected chi connectivity index (χ4v) is 5.30. The van der Waals surface area contributed by atoms with Gasteiger partial charge in [-0.2, -0.15) is 5.10 Å². The molecule has 30 heavy (non-hydrogen) atoms. The van der Waals surface area contributed by atoms with Crippen molar-refractivity contribution >= 4 is 11.9 Å². The number of aliphatic carboxylic acids is 1. The van der Waals surface area contributed by atoms with Crippen molar-refractivity contribution in [1.29, 1.82) is 0 Å². The first-order valence-electron chi connectivity index (χ1n) is 10.8. The third-order valence-corrected chi connectivity index (χ3v) is 7.08. The number of aryl methyl sites for hydroxylation is 2. The van der Waals surface area contributed by atoms with E-state index in [0.717, 1.165) is 24.2 Å². The summed E-state index contributed by atoms with van der Waals surface area (Å²) in [6.45, 7) is 4.29. The highest BCUT2D eigenvalue weighted by Gasteiger charge is 2.60. The molecule has 7 nitrogen and oxygen atoms in total. The average Bonchev–Trinajstić information content (AvgIpc) is 2.95. The van der Waals surface area contributed by atoms with E-state index in [1.807, 2.05) is 11.6 Å². The van der Waals surface area contributed by atoms with Gasteiger partial charge in [-0.15, -0.1) is 0 Å². The molecule has 0 unspecified atom stereocenters. The molecule has 4 rings (SSSR count). The topological polar surface area (TPSA) is 93.5 Å². The van der Waals surface area contributed by atoms with E-state index in [9.17, 15) is 23.5 Å². The van der Waals surface area contributed by atoms with Gasteiger partial charge in [0.25, 0.3) is 5.91 Å². The molecule has 1 saturated heterocycles. The number of carbonyl (C=O) groups is 2. The van der Waals surface area contributed by atoms with E-state index in [1.165, 1.54) is 0 Å². The van der Waals surface area contributed by atoms with E-state index in [-0.39, 0.29) is 17.7 Å². The van der Waals surface area contributed by atoms with Crippen LogP contribution >= 0.6 is 0 Å². The number of rotatable bonds is 6. The van der Waals surface area contributed by atoms with E-state index in [1.54, 1.807) is 0 Å². The molecule has 2 fully saturated rings. The smallest absolute Gasteiger partial charge is 0.310 e. The van der Waals surface area contributed by atoms with Crippen LogP contribution in [-0.2, 0) is 28.9 Å². The molecule has 0 radical (unpaired) electrons. The molecule has 0 bridgehead atoms. The maximum absolute atomic E-state index is 13.4. The summed E-state index contributed by atoms with van der Waals surface area (Å²) in [7, 11) is 0. The van der Waals surface area contributed by atoms with Crippen LogP contribution < -0.4 is 5.32 Å². The fourth-order valence-electron chi connectivity index (χ4n) is 5.30. The van der Waals surface area contributed by atoms with Gasteiger partial charge in [-0.05, 0) is 43.9 Å². The zero-order chi connectivity index (χ0) is 21.6. The minimum absolute atomic E-state index is 0.0692. The number of carboxylic acid groups (broad SMARTS) is 1. The van der Waals surface area contributed by atoms with E-state index in [0.29, 0.717) is 51.1 Å². The second-order valence-corrected chi connectivity index (χ2v) is 9.22. The number of carbonyl (C=O) groups excluding carboxylic acids is 1. The van der Waals surface area contributed by atoms with Gasteiger partial charge in [-0.25, -0.2) is 8.78 Å². The Morgan fingerprint density at radius 1 is 1.30 bits per heavy atom. The highest BCUT2D eigenvalue weighted by molar-refractivity contribution is 5.97. The molecule has 1 aromatic rings. The second-order valence-electron chi connectivity index (χ2n) is 9.22. The Balaban J connectivity index is 1.54. The summed E-state index contributed by atoms with van der Waals surface area (Å²) in [5, 5.41) is 17.2. The molecule has 0 atom stereocenters. The van der Waals surface area contributed by atoms with Crippen LogP contribution in [-0.4, -0.2) is 52.4 Å². The van der Waals surface area contributed by atoms with Crippen molar-refractivity contribution in [2.75, 3.05) is 19.8 Å². The molecule has 1 aromatic heterocycles. The Hall–Kier alpha value is -2.03. The molecule has 3 aliphatic rings. The van der Waals surface area contributed by atoms with Crippen LogP contribution in [0.2, 0.25) is 0 Å². The van der Waals surface area contributed by atoms with Gasteiger partial charge in [0.15, 0.2) is 0 Å². The normalized spacial score (nSPS) is 23.9. The number of hydrogen-bond donors (Lipinski definition) is 2. The van der Waals surface area contributed by atoms with Gasteiger partial charge in [0.05, 0.1) is 22.4 Å². The number of carboxylic acids is 1. The van der Waals surface area contributed by atoms with Crippen LogP contribution in [0.4, 0.5) is 8.78 Å². The average molecular weight is 425 g/mol. The lowest BCUT2D eigenvalue weighted by Crippen LogP contribution is -2.51. The first-order valence-corrected chi connectivity index (χ1v) is 10.8. The number of hydrogen-bond acceptors (Lipinski definition) is 4. The molecule has 2 N–H and O–H groups in total. The van der Waals surface area contributed by atoms with Crippen molar-refractivity contribution in [1.82, 2.24) is 15.1 Å². The number of aromatic nitrogens is 2. The van der Waals surface area contributed by atoms with Crippen molar-refractivity contribution < 1.29 is 28.2 Å². The molecule has 1 spiro atoms. The summed E-state index contributed by atoms with van der Waals surface area (Å²) >= 11 is 0. The lowest BCUT2D eigenvalue weighted by Gasteiger charge is -2.44. The first kappa shape index (κ1) is 21.2. The van der Waals surface area contributed by atoms with Crippen molar-refractivity contribution in [3.8, 4) is 0 Å². The van der Waals surface area contributed by atoms with Crippen LogP contribution in [0.25, 0.3) is 0 Å². The monoisotopic (exact) mass is 425 g/mol. The summed E-state index contributed by atoms with van der Waals surface area (Å²) in [5.74, 6) is -4.15. The van der Waals surface area contributed by atoms with Gasteiger partial charge in [0.1, 0.15) is 0 Å². The largest absolute Gasteiger partial charge is 0.481 e. The van der Waals surface area contributed by atoms with E-state index in [2.05, 4.69) is 10.4 Å². The summed E-state index contributed by atoms with van der Waals surface area (Å²) < 4.78 is 34.1. The fraction of sp³-hybridized carbons (Fsp3) is 0.762. The maximum Gasteiger partial charge on any atom is 0.310 e. The summed E-state index contributed by atoms with van der Waals surface area (Å²) in [5.41, 5.74) is 0.826. The highest BCUT2D eigenvalue weighted by atomic mass is 19.3. The van der Waals surface area contributed by atoms with Gasteiger partial charge in [0.2, 0.25) is 5.92 Å². The zero-order valence-corrected chi connectivity index (χ0v) is 17.3. The van der Waals surface area contributed by atoms with Gasteiger partial charge in [-0.3, -0.25) is 14.3 Å². The van der Waals surface area contributed by atoms with E-state index >= 15 is 0 Å². The molecule has 0 aromatic carbocycles. The van der Waals surface area contributed by atoms with Crippen molar-refractivity contribution in [3.63, 3.8) is 0 Å². The number of alkyl halides is 2. The lowest BCUT2D eigenvalue weighted by atomic mass is 9.63. The quantitative estimate of drug-likeness (QED) is 0.731. The molecule has 2 aliphatic heterocycles.